The van der Waals surface area contributed by atoms with Crippen LogP contribution in [0.1, 0.15) is 6.92 Å². The minimum absolute atomic E-state index is 0.279. The van der Waals surface area contributed by atoms with Crippen molar-refractivity contribution in [2.24, 2.45) is 0 Å². The van der Waals surface area contributed by atoms with Crippen LogP contribution in [0.4, 0.5) is 5.69 Å². The van der Waals surface area contributed by atoms with Crippen LogP contribution in [-0.2, 0) is 14.3 Å². The van der Waals surface area contributed by atoms with E-state index in [-0.39, 0.29) is 12.5 Å². The Morgan fingerprint density at radius 2 is 1.60 bits per heavy atom. The lowest BCUT2D eigenvalue weighted by Gasteiger charge is -2.21. The van der Waals surface area contributed by atoms with Gasteiger partial charge in [0.1, 0.15) is 11.5 Å². The number of carbonyl (C=O) groups excluding carboxylic acids is 2. The van der Waals surface area contributed by atoms with E-state index < -0.39 is 12.1 Å². The lowest BCUT2D eigenvalue weighted by atomic mass is 10.2. The molecule has 0 bridgehead atoms. The molecule has 0 radical (unpaired) electrons. The summed E-state index contributed by atoms with van der Waals surface area (Å²) in [6.07, 6.45) is -0.905. The van der Waals surface area contributed by atoms with Crippen molar-refractivity contribution in [2.45, 2.75) is 13.0 Å². The van der Waals surface area contributed by atoms with Crippen molar-refractivity contribution in [2.75, 3.05) is 25.7 Å². The van der Waals surface area contributed by atoms with Gasteiger partial charge in [0.25, 0.3) is 5.91 Å². The number of likely N-dealkylation sites (N-methyl/N-ethyl adjacent to an activating group) is 1. The molecular formula is C19H21NO5. The standard InChI is InChI=1S/C19H21NO5/c1-14(19(22)20(2)15-7-5-4-6-8-15)25-18(21)13-24-17-11-9-16(23-3)10-12-17/h4-12,14H,13H2,1-3H3/t14-/m1/s1. The number of methoxy groups -OCH3 is 1. The van der Waals surface area contributed by atoms with E-state index in [2.05, 4.69) is 0 Å². The van der Waals surface area contributed by atoms with Gasteiger partial charge >= 0.3 is 5.97 Å². The molecule has 1 amide bonds. The Morgan fingerprint density at radius 1 is 1.00 bits per heavy atom. The van der Waals surface area contributed by atoms with Gasteiger partial charge in [-0.15, -0.1) is 0 Å². The highest BCUT2D eigenvalue weighted by Gasteiger charge is 2.22. The maximum absolute atomic E-state index is 12.3. The molecule has 0 fully saturated rings. The third kappa shape index (κ3) is 5.24. The first-order chi connectivity index (χ1) is 12.0. The molecule has 0 aliphatic carbocycles. The van der Waals surface area contributed by atoms with Gasteiger partial charge in [-0.1, -0.05) is 18.2 Å². The fraction of sp³-hybridized carbons (Fsp3) is 0.263. The number of nitrogens with zero attached hydrogens (tertiary/aromatic N) is 1. The van der Waals surface area contributed by atoms with E-state index in [0.29, 0.717) is 11.5 Å². The molecule has 0 aromatic heterocycles. The largest absolute Gasteiger partial charge is 0.497 e. The zero-order valence-electron chi connectivity index (χ0n) is 14.5. The van der Waals surface area contributed by atoms with Gasteiger partial charge in [-0.3, -0.25) is 4.79 Å². The van der Waals surface area contributed by atoms with E-state index in [9.17, 15) is 9.59 Å². The second-order valence-electron chi connectivity index (χ2n) is 5.33. The number of hydrogen-bond donors (Lipinski definition) is 0. The first-order valence-electron chi connectivity index (χ1n) is 7.80. The number of ether oxygens (including phenoxy) is 3. The van der Waals surface area contributed by atoms with Crippen molar-refractivity contribution in [1.29, 1.82) is 0 Å². The van der Waals surface area contributed by atoms with Crippen molar-refractivity contribution in [3.8, 4) is 11.5 Å². The van der Waals surface area contributed by atoms with Gasteiger partial charge in [0.15, 0.2) is 12.7 Å². The summed E-state index contributed by atoms with van der Waals surface area (Å²) >= 11 is 0. The summed E-state index contributed by atoms with van der Waals surface area (Å²) in [4.78, 5) is 25.6. The summed E-state index contributed by atoms with van der Waals surface area (Å²) in [5, 5.41) is 0. The molecule has 2 rings (SSSR count). The number of amides is 1. The highest BCUT2D eigenvalue weighted by Crippen LogP contribution is 2.17. The van der Waals surface area contributed by atoms with Crippen LogP contribution in [0.15, 0.2) is 54.6 Å². The summed E-state index contributed by atoms with van der Waals surface area (Å²) < 4.78 is 15.5. The number of anilines is 1. The molecule has 0 unspecified atom stereocenters. The number of rotatable bonds is 7. The highest BCUT2D eigenvalue weighted by atomic mass is 16.6. The maximum Gasteiger partial charge on any atom is 0.344 e. The third-order valence-electron chi connectivity index (χ3n) is 3.55. The number of carbonyl (C=O) groups is 2. The molecular weight excluding hydrogens is 322 g/mol. The van der Waals surface area contributed by atoms with Crippen LogP contribution in [0, 0.1) is 0 Å². The molecule has 0 spiro atoms. The van der Waals surface area contributed by atoms with E-state index in [1.165, 1.54) is 11.8 Å². The first kappa shape index (κ1) is 18.3. The summed E-state index contributed by atoms with van der Waals surface area (Å²) in [7, 11) is 3.20. The summed E-state index contributed by atoms with van der Waals surface area (Å²) in [6, 6.07) is 16.0. The van der Waals surface area contributed by atoms with Crippen LogP contribution in [0.5, 0.6) is 11.5 Å². The lowest BCUT2D eigenvalue weighted by molar-refractivity contribution is -0.155. The SMILES string of the molecule is COc1ccc(OCC(=O)O[C@H](C)C(=O)N(C)c2ccccc2)cc1. The lowest BCUT2D eigenvalue weighted by Crippen LogP contribution is -2.38. The number of para-hydroxylation sites is 1. The number of esters is 1. The Balaban J connectivity index is 1.83. The third-order valence-corrected chi connectivity index (χ3v) is 3.55. The average Bonchev–Trinajstić information content (AvgIpc) is 2.66. The predicted molar refractivity (Wildman–Crippen MR) is 93.9 cm³/mol. The van der Waals surface area contributed by atoms with E-state index in [1.807, 2.05) is 18.2 Å². The van der Waals surface area contributed by atoms with Crippen molar-refractivity contribution >= 4 is 17.6 Å². The summed E-state index contributed by atoms with van der Waals surface area (Å²) in [5.74, 6) is 0.276. The Morgan fingerprint density at radius 3 is 2.20 bits per heavy atom. The van der Waals surface area contributed by atoms with Gasteiger partial charge in [-0.2, -0.15) is 0 Å². The summed E-state index contributed by atoms with van der Waals surface area (Å²) in [5.41, 5.74) is 0.727. The Kier molecular flexibility index (Phi) is 6.39. The van der Waals surface area contributed by atoms with Crippen LogP contribution >= 0.6 is 0 Å². The van der Waals surface area contributed by atoms with Crippen molar-refractivity contribution in [3.05, 3.63) is 54.6 Å². The molecule has 132 valence electrons. The van der Waals surface area contributed by atoms with E-state index in [4.69, 9.17) is 14.2 Å². The van der Waals surface area contributed by atoms with Gasteiger partial charge < -0.3 is 19.1 Å². The zero-order chi connectivity index (χ0) is 18.2. The Hall–Kier alpha value is -3.02. The molecule has 0 N–H and O–H groups in total. The average molecular weight is 343 g/mol. The van der Waals surface area contributed by atoms with Crippen LogP contribution in [0.2, 0.25) is 0 Å². The molecule has 25 heavy (non-hydrogen) atoms. The minimum atomic E-state index is -0.905. The fourth-order valence-corrected chi connectivity index (χ4v) is 2.15. The Labute approximate surface area is 146 Å². The smallest absolute Gasteiger partial charge is 0.344 e. The second kappa shape index (κ2) is 8.73. The first-order valence-corrected chi connectivity index (χ1v) is 7.80. The van der Waals surface area contributed by atoms with E-state index >= 15 is 0 Å². The Bertz CT molecular complexity index is 700. The molecule has 0 aliphatic rings. The number of benzene rings is 2. The molecule has 0 saturated heterocycles. The normalized spacial score (nSPS) is 11.3. The van der Waals surface area contributed by atoms with E-state index in [0.717, 1.165) is 5.69 Å². The van der Waals surface area contributed by atoms with Crippen molar-refractivity contribution < 1.29 is 23.8 Å². The topological polar surface area (TPSA) is 65.1 Å². The molecule has 2 aromatic carbocycles. The van der Waals surface area contributed by atoms with Crippen LogP contribution in [0.25, 0.3) is 0 Å². The second-order valence-corrected chi connectivity index (χ2v) is 5.33. The van der Waals surface area contributed by atoms with Gasteiger partial charge in [-0.25, -0.2) is 4.79 Å². The molecule has 6 heteroatoms. The van der Waals surface area contributed by atoms with Crippen molar-refractivity contribution in [3.63, 3.8) is 0 Å². The fourth-order valence-electron chi connectivity index (χ4n) is 2.15. The van der Waals surface area contributed by atoms with Gasteiger partial charge in [0.05, 0.1) is 7.11 Å². The van der Waals surface area contributed by atoms with Crippen LogP contribution < -0.4 is 14.4 Å². The maximum atomic E-state index is 12.3. The van der Waals surface area contributed by atoms with Gasteiger partial charge in [0, 0.05) is 12.7 Å². The molecule has 6 nitrogen and oxygen atoms in total. The monoisotopic (exact) mass is 343 g/mol. The quantitative estimate of drug-likeness (QED) is 0.723. The number of hydrogen-bond acceptors (Lipinski definition) is 5. The van der Waals surface area contributed by atoms with Crippen LogP contribution in [0.3, 0.4) is 0 Å². The zero-order valence-corrected chi connectivity index (χ0v) is 14.5. The van der Waals surface area contributed by atoms with Gasteiger partial charge in [-0.05, 0) is 43.3 Å². The molecule has 1 atom stereocenters. The van der Waals surface area contributed by atoms with E-state index in [1.54, 1.807) is 50.6 Å². The molecule has 2 aromatic rings. The molecule has 0 aliphatic heterocycles. The van der Waals surface area contributed by atoms with Crippen LogP contribution in [-0.4, -0.2) is 38.7 Å². The minimum Gasteiger partial charge on any atom is -0.497 e. The highest BCUT2D eigenvalue weighted by molar-refractivity contribution is 5.96. The molecule has 0 heterocycles. The molecule has 0 saturated carbocycles. The van der Waals surface area contributed by atoms with Gasteiger partial charge in [0.2, 0.25) is 0 Å². The van der Waals surface area contributed by atoms with Crippen molar-refractivity contribution in [1.82, 2.24) is 0 Å². The summed E-state index contributed by atoms with van der Waals surface area (Å²) in [6.45, 7) is 1.26. The predicted octanol–water partition coefficient (Wildman–Crippen LogP) is 2.67.